The van der Waals surface area contributed by atoms with Crippen LogP contribution >= 0.6 is 0 Å². The Labute approximate surface area is 114 Å². The number of nitrogens with two attached hydrogens (primary N) is 1. The Hall–Kier alpha value is -1.55. The Kier molecular flexibility index (Phi) is 6.36. The Bertz CT molecular complexity index is 387. The molecule has 0 unspecified atom stereocenters. The first kappa shape index (κ1) is 15.5. The molecule has 0 fully saturated rings. The molecule has 1 atom stereocenters. The Morgan fingerprint density at radius 2 is 1.95 bits per heavy atom. The van der Waals surface area contributed by atoms with Gasteiger partial charge >= 0.3 is 5.97 Å². The van der Waals surface area contributed by atoms with Crippen molar-refractivity contribution in [2.24, 2.45) is 11.7 Å². The first-order valence-corrected chi connectivity index (χ1v) is 6.69. The maximum absolute atomic E-state index is 10.4. The molecule has 1 aromatic carbocycles. The molecule has 0 saturated heterocycles. The molecule has 0 aromatic heterocycles. The molecule has 0 radical (unpaired) electrons. The molecule has 19 heavy (non-hydrogen) atoms. The van der Waals surface area contributed by atoms with Crippen LogP contribution in [0.4, 0.5) is 0 Å². The normalized spacial score (nSPS) is 12.4. The van der Waals surface area contributed by atoms with Crippen molar-refractivity contribution in [1.29, 1.82) is 0 Å². The fourth-order valence-electron chi connectivity index (χ4n) is 1.71. The number of aliphatic carboxylic acids is 1. The van der Waals surface area contributed by atoms with Gasteiger partial charge in [0.05, 0.1) is 6.61 Å². The predicted octanol–water partition coefficient (Wildman–Crippen LogP) is 2.98. The summed E-state index contributed by atoms with van der Waals surface area (Å²) in [6.07, 6.45) is 1.45. The molecule has 1 aromatic rings. The van der Waals surface area contributed by atoms with Crippen molar-refractivity contribution in [3.8, 4) is 5.75 Å². The minimum Gasteiger partial charge on any atom is -0.493 e. The number of benzene rings is 1. The van der Waals surface area contributed by atoms with Gasteiger partial charge in [0.2, 0.25) is 0 Å². The van der Waals surface area contributed by atoms with E-state index < -0.39 is 5.97 Å². The topological polar surface area (TPSA) is 72.5 Å². The summed E-state index contributed by atoms with van der Waals surface area (Å²) in [6.45, 7) is 4.91. The van der Waals surface area contributed by atoms with Gasteiger partial charge in [-0.3, -0.25) is 4.79 Å². The second kappa shape index (κ2) is 7.79. The van der Waals surface area contributed by atoms with E-state index >= 15 is 0 Å². The van der Waals surface area contributed by atoms with E-state index in [1.165, 1.54) is 0 Å². The highest BCUT2D eigenvalue weighted by Crippen LogP contribution is 2.20. The summed E-state index contributed by atoms with van der Waals surface area (Å²) in [7, 11) is 0. The maximum atomic E-state index is 10.4. The molecular formula is C15H23NO3. The van der Waals surface area contributed by atoms with Gasteiger partial charge in [-0.1, -0.05) is 26.0 Å². The minimum atomic E-state index is -0.773. The molecule has 0 saturated carbocycles. The van der Waals surface area contributed by atoms with Crippen molar-refractivity contribution in [3.05, 3.63) is 29.8 Å². The van der Waals surface area contributed by atoms with E-state index in [1.807, 2.05) is 24.3 Å². The van der Waals surface area contributed by atoms with Crippen molar-refractivity contribution < 1.29 is 14.6 Å². The summed E-state index contributed by atoms with van der Waals surface area (Å²) in [5.41, 5.74) is 7.04. The van der Waals surface area contributed by atoms with Crippen molar-refractivity contribution in [2.75, 3.05) is 6.61 Å². The fraction of sp³-hybridized carbons (Fsp3) is 0.533. The molecule has 1 rings (SSSR count). The molecule has 0 aliphatic carbocycles. The smallest absolute Gasteiger partial charge is 0.303 e. The third-order valence-corrected chi connectivity index (χ3v) is 2.80. The Morgan fingerprint density at radius 1 is 1.32 bits per heavy atom. The van der Waals surface area contributed by atoms with Crippen molar-refractivity contribution in [1.82, 2.24) is 0 Å². The summed E-state index contributed by atoms with van der Waals surface area (Å²) in [4.78, 5) is 10.4. The van der Waals surface area contributed by atoms with Gasteiger partial charge in [0, 0.05) is 12.5 Å². The monoisotopic (exact) mass is 265 g/mol. The molecule has 0 spiro atoms. The lowest BCUT2D eigenvalue weighted by Crippen LogP contribution is -2.11. The van der Waals surface area contributed by atoms with Crippen molar-refractivity contribution >= 4 is 5.97 Å². The molecule has 4 heteroatoms. The van der Waals surface area contributed by atoms with Crippen molar-refractivity contribution in [2.45, 2.75) is 39.2 Å². The van der Waals surface area contributed by atoms with Crippen LogP contribution in [0, 0.1) is 5.92 Å². The minimum absolute atomic E-state index is 0.113. The number of hydrogen-bond donors (Lipinski definition) is 2. The molecule has 0 amide bonds. The Balaban J connectivity index is 2.43. The van der Waals surface area contributed by atoms with Crippen LogP contribution in [0.5, 0.6) is 5.75 Å². The van der Waals surface area contributed by atoms with Crippen LogP contribution in [0.2, 0.25) is 0 Å². The number of rotatable bonds is 8. The molecule has 106 valence electrons. The third kappa shape index (κ3) is 6.25. The SMILES string of the molecule is CC(C)COc1ccc([C@@H](N)CCCC(=O)O)cc1. The zero-order valence-electron chi connectivity index (χ0n) is 11.6. The molecule has 0 bridgehead atoms. The lowest BCUT2D eigenvalue weighted by molar-refractivity contribution is -0.137. The van der Waals surface area contributed by atoms with Crippen LogP contribution in [-0.4, -0.2) is 17.7 Å². The molecule has 0 aliphatic heterocycles. The van der Waals surface area contributed by atoms with Crippen LogP contribution in [0.15, 0.2) is 24.3 Å². The second-order valence-corrected chi connectivity index (χ2v) is 5.17. The average Bonchev–Trinajstić information content (AvgIpc) is 2.36. The van der Waals surface area contributed by atoms with Gasteiger partial charge in [-0.05, 0) is 36.5 Å². The largest absolute Gasteiger partial charge is 0.493 e. The van der Waals surface area contributed by atoms with Crippen LogP contribution < -0.4 is 10.5 Å². The van der Waals surface area contributed by atoms with E-state index in [9.17, 15) is 4.79 Å². The lowest BCUT2D eigenvalue weighted by atomic mass is 10.0. The first-order valence-electron chi connectivity index (χ1n) is 6.69. The van der Waals surface area contributed by atoms with Gasteiger partial charge in [-0.15, -0.1) is 0 Å². The quantitative estimate of drug-likeness (QED) is 0.758. The zero-order valence-corrected chi connectivity index (χ0v) is 11.6. The van der Waals surface area contributed by atoms with E-state index in [1.54, 1.807) is 0 Å². The fourth-order valence-corrected chi connectivity index (χ4v) is 1.71. The van der Waals surface area contributed by atoms with E-state index in [4.69, 9.17) is 15.6 Å². The van der Waals surface area contributed by atoms with Gasteiger partial charge in [-0.25, -0.2) is 0 Å². The van der Waals surface area contributed by atoms with E-state index in [0.29, 0.717) is 25.4 Å². The second-order valence-electron chi connectivity index (χ2n) is 5.17. The summed E-state index contributed by atoms with van der Waals surface area (Å²) >= 11 is 0. The lowest BCUT2D eigenvalue weighted by Gasteiger charge is -2.13. The van der Waals surface area contributed by atoms with Gasteiger partial charge in [0.25, 0.3) is 0 Å². The molecular weight excluding hydrogens is 242 g/mol. The van der Waals surface area contributed by atoms with Crippen molar-refractivity contribution in [3.63, 3.8) is 0 Å². The average molecular weight is 265 g/mol. The first-order chi connectivity index (χ1) is 8.99. The van der Waals surface area contributed by atoms with Crippen LogP contribution in [0.3, 0.4) is 0 Å². The highest BCUT2D eigenvalue weighted by Gasteiger charge is 2.07. The number of carbonyl (C=O) groups is 1. The third-order valence-electron chi connectivity index (χ3n) is 2.80. The van der Waals surface area contributed by atoms with E-state index in [2.05, 4.69) is 13.8 Å². The standard InChI is InChI=1S/C15H23NO3/c1-11(2)10-19-13-8-6-12(7-9-13)14(16)4-3-5-15(17)18/h6-9,11,14H,3-5,10,16H2,1-2H3,(H,17,18)/t14-/m0/s1. The summed E-state index contributed by atoms with van der Waals surface area (Å²) in [5, 5.41) is 8.58. The maximum Gasteiger partial charge on any atom is 0.303 e. The number of carboxylic acids is 1. The van der Waals surface area contributed by atoms with E-state index in [0.717, 1.165) is 11.3 Å². The van der Waals surface area contributed by atoms with E-state index in [-0.39, 0.29) is 12.5 Å². The van der Waals surface area contributed by atoms with Crippen LogP contribution in [-0.2, 0) is 4.79 Å². The molecule has 0 heterocycles. The van der Waals surface area contributed by atoms with Crippen LogP contribution in [0.1, 0.15) is 44.7 Å². The van der Waals surface area contributed by atoms with Gasteiger partial charge < -0.3 is 15.6 Å². The summed E-state index contributed by atoms with van der Waals surface area (Å²) in [6, 6.07) is 7.60. The van der Waals surface area contributed by atoms with Gasteiger partial charge in [0.15, 0.2) is 0 Å². The summed E-state index contributed by atoms with van der Waals surface area (Å²) < 4.78 is 5.60. The molecule has 4 nitrogen and oxygen atoms in total. The Morgan fingerprint density at radius 3 is 2.47 bits per heavy atom. The molecule has 0 aliphatic rings. The summed E-state index contributed by atoms with van der Waals surface area (Å²) in [5.74, 6) is 0.567. The van der Waals surface area contributed by atoms with Gasteiger partial charge in [0.1, 0.15) is 5.75 Å². The highest BCUT2D eigenvalue weighted by atomic mass is 16.5. The molecule has 3 N–H and O–H groups in total. The van der Waals surface area contributed by atoms with Gasteiger partial charge in [-0.2, -0.15) is 0 Å². The number of carboxylic acid groups (broad SMARTS) is 1. The highest BCUT2D eigenvalue weighted by molar-refractivity contribution is 5.66. The predicted molar refractivity (Wildman–Crippen MR) is 75.2 cm³/mol. The number of hydrogen-bond acceptors (Lipinski definition) is 3. The number of ether oxygens (including phenoxy) is 1. The zero-order chi connectivity index (χ0) is 14.3. The van der Waals surface area contributed by atoms with Crippen LogP contribution in [0.25, 0.3) is 0 Å².